The predicted molar refractivity (Wildman–Crippen MR) is 73.4 cm³/mol. The zero-order valence-corrected chi connectivity index (χ0v) is 13.0. The third-order valence-corrected chi connectivity index (χ3v) is 3.13. The number of carbonyl (C=O) groups is 2. The number of nitrogens with zero attached hydrogens (tertiary/aromatic N) is 1. The molecule has 1 atom stereocenters. The van der Waals surface area contributed by atoms with Crippen molar-refractivity contribution >= 4 is 12.1 Å². The SMILES string of the molecule is CCOC(=O)C1(COC)CCN(C(=O)OC(C)(C)C)C1. The first-order valence-electron chi connectivity index (χ1n) is 6.88. The fourth-order valence-electron chi connectivity index (χ4n) is 2.26. The molecule has 0 aliphatic carbocycles. The number of hydrogen-bond donors (Lipinski definition) is 0. The number of amides is 1. The highest BCUT2D eigenvalue weighted by atomic mass is 16.6. The fraction of sp³-hybridized carbons (Fsp3) is 0.857. The van der Waals surface area contributed by atoms with Crippen molar-refractivity contribution in [1.82, 2.24) is 4.90 Å². The second-order valence-electron chi connectivity index (χ2n) is 6.09. The molecule has 1 saturated heterocycles. The summed E-state index contributed by atoms with van der Waals surface area (Å²) in [7, 11) is 1.54. The Balaban J connectivity index is 2.74. The van der Waals surface area contributed by atoms with Crippen molar-refractivity contribution in [2.24, 2.45) is 5.41 Å². The average molecular weight is 287 g/mol. The van der Waals surface area contributed by atoms with Gasteiger partial charge in [0.15, 0.2) is 0 Å². The maximum absolute atomic E-state index is 12.1. The Morgan fingerprint density at radius 3 is 2.45 bits per heavy atom. The summed E-state index contributed by atoms with van der Waals surface area (Å²) in [5, 5.41) is 0. The summed E-state index contributed by atoms with van der Waals surface area (Å²) >= 11 is 0. The number of esters is 1. The molecular formula is C14H25NO5. The van der Waals surface area contributed by atoms with Gasteiger partial charge in [-0.05, 0) is 34.1 Å². The Hall–Kier alpha value is -1.30. The highest BCUT2D eigenvalue weighted by molar-refractivity contribution is 5.79. The Morgan fingerprint density at radius 2 is 1.95 bits per heavy atom. The minimum Gasteiger partial charge on any atom is -0.465 e. The van der Waals surface area contributed by atoms with Crippen LogP contribution in [0.25, 0.3) is 0 Å². The molecule has 0 aromatic heterocycles. The molecule has 1 aliphatic rings. The van der Waals surface area contributed by atoms with Crippen molar-refractivity contribution in [3.05, 3.63) is 0 Å². The zero-order valence-electron chi connectivity index (χ0n) is 13.0. The molecule has 0 spiro atoms. The van der Waals surface area contributed by atoms with Gasteiger partial charge in [-0.25, -0.2) is 4.79 Å². The molecule has 116 valence electrons. The van der Waals surface area contributed by atoms with Gasteiger partial charge in [-0.15, -0.1) is 0 Å². The van der Waals surface area contributed by atoms with Gasteiger partial charge >= 0.3 is 12.1 Å². The summed E-state index contributed by atoms with van der Waals surface area (Å²) in [5.74, 6) is -0.312. The molecule has 0 saturated carbocycles. The average Bonchev–Trinajstić information content (AvgIpc) is 2.73. The number of carbonyl (C=O) groups excluding carboxylic acids is 2. The Labute approximate surface area is 120 Å². The number of methoxy groups -OCH3 is 1. The minimum absolute atomic E-state index is 0.241. The monoisotopic (exact) mass is 287 g/mol. The van der Waals surface area contributed by atoms with E-state index in [1.807, 2.05) is 20.8 Å². The lowest BCUT2D eigenvalue weighted by Crippen LogP contribution is -2.42. The normalized spacial score (nSPS) is 22.8. The van der Waals surface area contributed by atoms with Gasteiger partial charge in [0.25, 0.3) is 0 Å². The van der Waals surface area contributed by atoms with Crippen molar-refractivity contribution in [2.75, 3.05) is 33.4 Å². The van der Waals surface area contributed by atoms with Crippen LogP contribution in [-0.4, -0.2) is 56.0 Å². The van der Waals surface area contributed by atoms with Crippen molar-refractivity contribution < 1.29 is 23.8 Å². The van der Waals surface area contributed by atoms with Crippen LogP contribution >= 0.6 is 0 Å². The number of likely N-dealkylation sites (tertiary alicyclic amines) is 1. The van der Waals surface area contributed by atoms with Gasteiger partial charge in [-0.2, -0.15) is 0 Å². The molecule has 0 N–H and O–H groups in total. The van der Waals surface area contributed by atoms with Gasteiger partial charge in [0.1, 0.15) is 11.0 Å². The number of hydrogen-bond acceptors (Lipinski definition) is 5. The molecule has 0 aromatic rings. The van der Waals surface area contributed by atoms with E-state index in [1.54, 1.807) is 11.8 Å². The van der Waals surface area contributed by atoms with Crippen LogP contribution in [0.5, 0.6) is 0 Å². The largest absolute Gasteiger partial charge is 0.465 e. The van der Waals surface area contributed by atoms with E-state index in [-0.39, 0.29) is 19.1 Å². The molecule has 6 nitrogen and oxygen atoms in total. The number of rotatable bonds is 4. The van der Waals surface area contributed by atoms with Crippen molar-refractivity contribution in [3.63, 3.8) is 0 Å². The molecule has 6 heteroatoms. The van der Waals surface area contributed by atoms with Crippen molar-refractivity contribution in [3.8, 4) is 0 Å². The molecule has 20 heavy (non-hydrogen) atoms. The molecule has 0 radical (unpaired) electrons. The van der Waals surface area contributed by atoms with Crippen LogP contribution in [-0.2, 0) is 19.0 Å². The molecule has 0 bridgehead atoms. The first-order valence-corrected chi connectivity index (χ1v) is 6.88. The van der Waals surface area contributed by atoms with Crippen LogP contribution in [0.1, 0.15) is 34.1 Å². The molecule has 1 fully saturated rings. The lowest BCUT2D eigenvalue weighted by molar-refractivity contribution is -0.157. The summed E-state index contributed by atoms with van der Waals surface area (Å²) < 4.78 is 15.6. The Bertz CT molecular complexity index is 363. The summed E-state index contributed by atoms with van der Waals surface area (Å²) in [6, 6.07) is 0. The van der Waals surface area contributed by atoms with E-state index < -0.39 is 17.1 Å². The van der Waals surface area contributed by atoms with Crippen LogP contribution < -0.4 is 0 Å². The predicted octanol–water partition coefficient (Wildman–Crippen LogP) is 1.82. The van der Waals surface area contributed by atoms with Crippen molar-refractivity contribution in [2.45, 2.75) is 39.7 Å². The number of ether oxygens (including phenoxy) is 3. The summed E-state index contributed by atoms with van der Waals surface area (Å²) in [6.07, 6.45) is 0.124. The summed E-state index contributed by atoms with van der Waals surface area (Å²) in [4.78, 5) is 25.7. The molecule has 1 rings (SSSR count). The van der Waals surface area contributed by atoms with Gasteiger partial charge in [-0.3, -0.25) is 4.79 Å². The first-order chi connectivity index (χ1) is 9.24. The molecule has 1 unspecified atom stereocenters. The maximum atomic E-state index is 12.1. The molecule has 0 aromatic carbocycles. The van der Waals surface area contributed by atoms with Crippen LogP contribution in [0.2, 0.25) is 0 Å². The van der Waals surface area contributed by atoms with E-state index in [9.17, 15) is 9.59 Å². The first kappa shape index (κ1) is 16.8. The highest BCUT2D eigenvalue weighted by Crippen LogP contribution is 2.33. The van der Waals surface area contributed by atoms with E-state index in [4.69, 9.17) is 14.2 Å². The van der Waals surface area contributed by atoms with Crippen LogP contribution in [0.15, 0.2) is 0 Å². The molecule has 1 aliphatic heterocycles. The van der Waals surface area contributed by atoms with Gasteiger partial charge in [-0.1, -0.05) is 0 Å². The smallest absolute Gasteiger partial charge is 0.410 e. The maximum Gasteiger partial charge on any atom is 0.410 e. The summed E-state index contributed by atoms with van der Waals surface area (Å²) in [5.41, 5.74) is -1.32. The third-order valence-electron chi connectivity index (χ3n) is 3.13. The van der Waals surface area contributed by atoms with Crippen LogP contribution in [0.4, 0.5) is 4.79 Å². The van der Waals surface area contributed by atoms with E-state index in [2.05, 4.69) is 0 Å². The van der Waals surface area contributed by atoms with Crippen molar-refractivity contribution in [1.29, 1.82) is 0 Å². The standard InChI is InChI=1S/C14H25NO5/c1-6-19-11(16)14(10-18-5)7-8-15(9-14)12(17)20-13(2,3)4/h6-10H2,1-5H3. The van der Waals surface area contributed by atoms with Gasteiger partial charge in [0, 0.05) is 20.2 Å². The zero-order chi connectivity index (χ0) is 15.4. The molecule has 1 heterocycles. The van der Waals surface area contributed by atoms with Crippen LogP contribution in [0.3, 0.4) is 0 Å². The Morgan fingerprint density at radius 1 is 1.30 bits per heavy atom. The van der Waals surface area contributed by atoms with E-state index in [0.717, 1.165) is 0 Å². The quantitative estimate of drug-likeness (QED) is 0.738. The van der Waals surface area contributed by atoms with Gasteiger partial charge in [0.05, 0.1) is 13.2 Å². The second-order valence-corrected chi connectivity index (χ2v) is 6.09. The van der Waals surface area contributed by atoms with Gasteiger partial charge in [0.2, 0.25) is 0 Å². The van der Waals surface area contributed by atoms with Crippen LogP contribution in [0, 0.1) is 5.41 Å². The topological polar surface area (TPSA) is 65.1 Å². The third kappa shape index (κ3) is 4.10. The lowest BCUT2D eigenvalue weighted by Gasteiger charge is -2.27. The minimum atomic E-state index is -0.776. The molecular weight excluding hydrogens is 262 g/mol. The second kappa shape index (κ2) is 6.43. The van der Waals surface area contributed by atoms with E-state index in [0.29, 0.717) is 19.6 Å². The highest BCUT2D eigenvalue weighted by Gasteiger charge is 2.48. The summed E-state index contributed by atoms with van der Waals surface area (Å²) in [6.45, 7) is 8.50. The lowest BCUT2D eigenvalue weighted by atomic mass is 9.88. The van der Waals surface area contributed by atoms with Gasteiger partial charge < -0.3 is 19.1 Å². The Kier molecular flexibility index (Phi) is 5.39. The molecule has 1 amide bonds. The van der Waals surface area contributed by atoms with E-state index in [1.165, 1.54) is 7.11 Å². The fourth-order valence-corrected chi connectivity index (χ4v) is 2.26. The van der Waals surface area contributed by atoms with E-state index >= 15 is 0 Å².